The molecule has 1 atom stereocenters. The van der Waals surface area contributed by atoms with Gasteiger partial charge in [0.05, 0.1) is 5.69 Å². The van der Waals surface area contributed by atoms with Crippen molar-refractivity contribution in [3.8, 4) is 0 Å². The van der Waals surface area contributed by atoms with Crippen LogP contribution in [0.1, 0.15) is 5.56 Å². The van der Waals surface area contributed by atoms with Crippen molar-refractivity contribution in [1.82, 2.24) is 0 Å². The van der Waals surface area contributed by atoms with Crippen LogP contribution in [0.25, 0.3) is 0 Å². The van der Waals surface area contributed by atoms with Gasteiger partial charge in [-0.15, -0.1) is 12.4 Å². The molecule has 0 bridgehead atoms. The lowest BCUT2D eigenvalue weighted by atomic mass is 10.1. The second-order valence-corrected chi connectivity index (χ2v) is 3.35. The summed E-state index contributed by atoms with van der Waals surface area (Å²) in [6.45, 7) is 0. The fourth-order valence-electron chi connectivity index (χ4n) is 1.20. The first-order valence-electron chi connectivity index (χ1n) is 4.66. The number of hydrogen-bond acceptors (Lipinski definition) is 3. The summed E-state index contributed by atoms with van der Waals surface area (Å²) in [6.07, 6.45) is 0.275. The van der Waals surface area contributed by atoms with Crippen LogP contribution in [0.5, 0.6) is 0 Å². The lowest BCUT2D eigenvalue weighted by Gasteiger charge is -2.06. The number of nitrogens with zero attached hydrogens (tertiary/aromatic N) is 1. The zero-order chi connectivity index (χ0) is 12.1. The molecule has 1 aromatic rings. The fourth-order valence-corrected chi connectivity index (χ4v) is 1.20. The number of guanidine groups is 1. The van der Waals surface area contributed by atoms with Crippen LogP contribution in [0.4, 0.5) is 5.69 Å². The molecular formula is C10H15ClN4O2. The summed E-state index contributed by atoms with van der Waals surface area (Å²) in [5.41, 5.74) is 17.3. The van der Waals surface area contributed by atoms with E-state index in [0.29, 0.717) is 5.69 Å². The van der Waals surface area contributed by atoms with E-state index in [2.05, 4.69) is 4.99 Å². The van der Waals surface area contributed by atoms with Crippen molar-refractivity contribution < 1.29 is 9.90 Å². The number of rotatable bonds is 4. The van der Waals surface area contributed by atoms with Crippen molar-refractivity contribution in [2.24, 2.45) is 22.2 Å². The predicted molar refractivity (Wildman–Crippen MR) is 68.5 cm³/mol. The van der Waals surface area contributed by atoms with Gasteiger partial charge in [-0.2, -0.15) is 0 Å². The Morgan fingerprint density at radius 2 is 1.82 bits per heavy atom. The van der Waals surface area contributed by atoms with Crippen LogP contribution in [-0.2, 0) is 11.2 Å². The zero-order valence-corrected chi connectivity index (χ0v) is 9.85. The number of benzene rings is 1. The Kier molecular flexibility index (Phi) is 6.01. The normalized spacial score (nSPS) is 11.1. The van der Waals surface area contributed by atoms with Gasteiger partial charge >= 0.3 is 5.97 Å². The molecule has 0 aliphatic rings. The average Bonchev–Trinajstić information content (AvgIpc) is 2.20. The second-order valence-electron chi connectivity index (χ2n) is 3.35. The summed E-state index contributed by atoms with van der Waals surface area (Å²) in [5.74, 6) is -1.04. The number of carboxylic acids is 1. The van der Waals surface area contributed by atoms with E-state index in [1.165, 1.54) is 0 Å². The first-order valence-corrected chi connectivity index (χ1v) is 4.66. The van der Waals surface area contributed by atoms with Crippen LogP contribution in [0.2, 0.25) is 0 Å². The third-order valence-electron chi connectivity index (χ3n) is 1.97. The lowest BCUT2D eigenvalue weighted by molar-refractivity contribution is -0.138. The van der Waals surface area contributed by atoms with Crippen LogP contribution in [0, 0.1) is 0 Å². The highest BCUT2D eigenvalue weighted by molar-refractivity contribution is 5.85. The van der Waals surface area contributed by atoms with Gasteiger partial charge in [0.25, 0.3) is 0 Å². The first kappa shape index (κ1) is 15.2. The molecule has 1 aromatic carbocycles. The highest BCUT2D eigenvalue weighted by Gasteiger charge is 2.11. The molecule has 0 unspecified atom stereocenters. The highest BCUT2D eigenvalue weighted by Crippen LogP contribution is 2.13. The van der Waals surface area contributed by atoms with E-state index in [1.807, 2.05) is 0 Å². The summed E-state index contributed by atoms with van der Waals surface area (Å²) >= 11 is 0. The number of carbonyl (C=O) groups is 1. The zero-order valence-electron chi connectivity index (χ0n) is 9.04. The molecule has 0 fully saturated rings. The number of aliphatic carboxylic acids is 1. The fraction of sp³-hybridized carbons (Fsp3) is 0.200. The number of nitrogens with two attached hydrogens (primary N) is 3. The molecule has 0 aromatic heterocycles. The molecule has 7 heteroatoms. The Morgan fingerprint density at radius 3 is 2.24 bits per heavy atom. The van der Waals surface area contributed by atoms with E-state index < -0.39 is 12.0 Å². The van der Waals surface area contributed by atoms with Gasteiger partial charge in [0.2, 0.25) is 0 Å². The summed E-state index contributed by atoms with van der Waals surface area (Å²) < 4.78 is 0. The minimum atomic E-state index is -1.02. The molecule has 0 heterocycles. The van der Waals surface area contributed by atoms with E-state index in [1.54, 1.807) is 24.3 Å². The summed E-state index contributed by atoms with van der Waals surface area (Å²) in [4.78, 5) is 14.4. The molecule has 0 spiro atoms. The molecule has 0 aliphatic carbocycles. The molecule has 17 heavy (non-hydrogen) atoms. The Labute approximate surface area is 105 Å². The molecule has 0 saturated carbocycles. The Balaban J connectivity index is 0.00000256. The first-order chi connectivity index (χ1) is 7.49. The van der Waals surface area contributed by atoms with Gasteiger partial charge in [0, 0.05) is 0 Å². The summed E-state index contributed by atoms with van der Waals surface area (Å²) in [6, 6.07) is 5.98. The van der Waals surface area contributed by atoms with Crippen LogP contribution in [0.15, 0.2) is 29.3 Å². The highest BCUT2D eigenvalue weighted by atomic mass is 35.5. The molecule has 7 N–H and O–H groups in total. The molecule has 0 radical (unpaired) electrons. The van der Waals surface area contributed by atoms with Gasteiger partial charge in [-0.25, -0.2) is 4.99 Å². The van der Waals surface area contributed by atoms with E-state index in [-0.39, 0.29) is 24.8 Å². The van der Waals surface area contributed by atoms with Crippen molar-refractivity contribution in [1.29, 1.82) is 0 Å². The smallest absolute Gasteiger partial charge is 0.320 e. The number of carboxylic acid groups (broad SMARTS) is 1. The van der Waals surface area contributed by atoms with Crippen LogP contribution in [0.3, 0.4) is 0 Å². The van der Waals surface area contributed by atoms with Crippen LogP contribution < -0.4 is 17.2 Å². The summed E-state index contributed by atoms with van der Waals surface area (Å²) in [5, 5.41) is 8.64. The Morgan fingerprint density at radius 1 is 1.29 bits per heavy atom. The van der Waals surface area contributed by atoms with Gasteiger partial charge in [-0.1, -0.05) is 12.1 Å². The Bertz CT molecular complexity index is 401. The minimum Gasteiger partial charge on any atom is -0.480 e. The predicted octanol–water partition coefficient (Wildman–Crippen LogP) is -0.0323. The number of halogens is 1. The molecule has 0 saturated heterocycles. The maximum absolute atomic E-state index is 10.5. The van der Waals surface area contributed by atoms with Gasteiger partial charge in [0.15, 0.2) is 5.96 Å². The van der Waals surface area contributed by atoms with E-state index in [9.17, 15) is 4.79 Å². The number of aliphatic imine (C=N–C) groups is 1. The summed E-state index contributed by atoms with van der Waals surface area (Å²) in [7, 11) is 0. The van der Waals surface area contributed by atoms with Crippen LogP contribution >= 0.6 is 12.4 Å². The van der Waals surface area contributed by atoms with Gasteiger partial charge in [-0.3, -0.25) is 4.79 Å². The molecule has 0 aliphatic heterocycles. The molecule has 94 valence electrons. The number of hydrogen-bond donors (Lipinski definition) is 4. The minimum absolute atomic E-state index is 0. The van der Waals surface area contributed by atoms with Crippen molar-refractivity contribution in [2.75, 3.05) is 0 Å². The van der Waals surface area contributed by atoms with E-state index >= 15 is 0 Å². The van der Waals surface area contributed by atoms with Crippen molar-refractivity contribution in [3.05, 3.63) is 29.8 Å². The SMILES string of the molecule is Cl.NC(N)=Nc1ccc(C[C@H](N)C(=O)O)cc1. The van der Waals surface area contributed by atoms with Crippen molar-refractivity contribution >= 4 is 30.0 Å². The lowest BCUT2D eigenvalue weighted by Crippen LogP contribution is -2.32. The van der Waals surface area contributed by atoms with Crippen molar-refractivity contribution in [2.45, 2.75) is 12.5 Å². The van der Waals surface area contributed by atoms with Gasteiger partial charge in [-0.05, 0) is 24.1 Å². The quantitative estimate of drug-likeness (QED) is 0.445. The van der Waals surface area contributed by atoms with E-state index in [4.69, 9.17) is 22.3 Å². The molecular weight excluding hydrogens is 244 g/mol. The third-order valence-corrected chi connectivity index (χ3v) is 1.97. The largest absolute Gasteiger partial charge is 0.480 e. The van der Waals surface area contributed by atoms with Gasteiger partial charge in [0.1, 0.15) is 6.04 Å². The van der Waals surface area contributed by atoms with E-state index in [0.717, 1.165) is 5.56 Å². The van der Waals surface area contributed by atoms with Crippen molar-refractivity contribution in [3.63, 3.8) is 0 Å². The third kappa shape index (κ3) is 5.19. The van der Waals surface area contributed by atoms with Crippen LogP contribution in [-0.4, -0.2) is 23.1 Å². The topological polar surface area (TPSA) is 128 Å². The van der Waals surface area contributed by atoms with Gasteiger partial charge < -0.3 is 22.3 Å². The second kappa shape index (κ2) is 6.72. The molecule has 6 nitrogen and oxygen atoms in total. The maximum atomic E-state index is 10.5. The monoisotopic (exact) mass is 258 g/mol. The average molecular weight is 259 g/mol. The molecule has 1 rings (SSSR count). The maximum Gasteiger partial charge on any atom is 0.320 e. The standard InChI is InChI=1S/C10H14N4O2.ClH/c11-8(9(15)16)5-6-1-3-7(4-2-6)14-10(12)13;/h1-4,8H,5,11H2,(H,15,16)(H4,12,13,14);1H/t8-;/m0./s1. The molecule has 0 amide bonds. The Hall–Kier alpha value is -1.79.